The Bertz CT molecular complexity index is 1050. The van der Waals surface area contributed by atoms with Crippen LogP contribution in [0.15, 0.2) is 35.4 Å². The van der Waals surface area contributed by atoms with Crippen LogP contribution in [0.5, 0.6) is 0 Å². The van der Waals surface area contributed by atoms with E-state index in [9.17, 15) is 4.79 Å². The maximum atomic E-state index is 12.4. The monoisotopic (exact) mass is 379 g/mol. The average molecular weight is 379 g/mol. The summed E-state index contributed by atoms with van der Waals surface area (Å²) in [6.07, 6.45) is 3.23. The van der Waals surface area contributed by atoms with Gasteiger partial charge in [-0.1, -0.05) is 20.8 Å². The van der Waals surface area contributed by atoms with Crippen molar-refractivity contribution < 1.29 is 0 Å². The van der Waals surface area contributed by atoms with E-state index in [4.69, 9.17) is 0 Å². The molecule has 1 aliphatic heterocycles. The molecule has 0 spiro atoms. The Morgan fingerprint density at radius 1 is 1.18 bits per heavy atom. The van der Waals surface area contributed by atoms with Crippen LogP contribution in [0.25, 0.3) is 10.9 Å². The molecule has 0 aromatic carbocycles. The van der Waals surface area contributed by atoms with E-state index in [1.165, 1.54) is 0 Å². The summed E-state index contributed by atoms with van der Waals surface area (Å²) in [5.41, 5.74) is 1.54. The van der Waals surface area contributed by atoms with Crippen LogP contribution in [0.2, 0.25) is 0 Å². The molecule has 0 amide bonds. The standard InChI is InChI=1S/C20H25N7O/c1-20(2,3)16-5-6-17(25-24-16)27-11-13(12-27)9-22-19-23-15-10-21-8-7-14(15)18(28)26(19)4/h5-8,10,13H,9,11-12H2,1-4H3,(H,22,23). The van der Waals surface area contributed by atoms with Crippen molar-refractivity contribution >= 4 is 22.7 Å². The highest BCUT2D eigenvalue weighted by atomic mass is 16.1. The minimum Gasteiger partial charge on any atom is -0.355 e. The van der Waals surface area contributed by atoms with Gasteiger partial charge in [-0.3, -0.25) is 14.3 Å². The van der Waals surface area contributed by atoms with E-state index in [0.717, 1.165) is 31.1 Å². The molecule has 4 rings (SSSR count). The van der Waals surface area contributed by atoms with E-state index in [2.05, 4.69) is 57.2 Å². The Morgan fingerprint density at radius 2 is 1.96 bits per heavy atom. The van der Waals surface area contributed by atoms with Crippen LogP contribution in [0.1, 0.15) is 26.5 Å². The number of aromatic nitrogens is 5. The van der Waals surface area contributed by atoms with Crippen molar-refractivity contribution in [1.29, 1.82) is 0 Å². The lowest BCUT2D eigenvalue weighted by molar-refractivity contribution is 0.423. The third kappa shape index (κ3) is 3.42. The molecule has 4 heterocycles. The molecule has 28 heavy (non-hydrogen) atoms. The zero-order valence-corrected chi connectivity index (χ0v) is 16.7. The summed E-state index contributed by atoms with van der Waals surface area (Å²) in [7, 11) is 1.73. The number of nitrogens with zero attached hydrogens (tertiary/aromatic N) is 6. The summed E-state index contributed by atoms with van der Waals surface area (Å²) >= 11 is 0. The number of anilines is 2. The topological polar surface area (TPSA) is 88.8 Å². The molecule has 8 nitrogen and oxygen atoms in total. The van der Waals surface area contributed by atoms with Gasteiger partial charge in [0.2, 0.25) is 5.95 Å². The molecule has 1 fully saturated rings. The molecule has 3 aromatic heterocycles. The van der Waals surface area contributed by atoms with Crippen LogP contribution in [0, 0.1) is 5.92 Å². The molecule has 1 N–H and O–H groups in total. The van der Waals surface area contributed by atoms with Crippen LogP contribution < -0.4 is 15.8 Å². The Kier molecular flexibility index (Phi) is 4.49. The van der Waals surface area contributed by atoms with E-state index in [1.54, 1.807) is 30.1 Å². The van der Waals surface area contributed by atoms with Crippen molar-refractivity contribution in [1.82, 2.24) is 24.7 Å². The second-order valence-corrected chi connectivity index (χ2v) is 8.37. The average Bonchev–Trinajstić information content (AvgIpc) is 2.64. The first-order chi connectivity index (χ1) is 13.3. The SMILES string of the molecule is Cn1c(NCC2CN(c3ccc(C(C)(C)C)nn3)C2)nc2cnccc2c1=O. The highest BCUT2D eigenvalue weighted by Gasteiger charge is 2.28. The molecule has 1 aliphatic rings. The van der Waals surface area contributed by atoms with Crippen molar-refractivity contribution in [3.63, 3.8) is 0 Å². The maximum absolute atomic E-state index is 12.4. The number of rotatable bonds is 4. The second-order valence-electron chi connectivity index (χ2n) is 8.37. The van der Waals surface area contributed by atoms with Crippen molar-refractivity contribution in [3.8, 4) is 0 Å². The summed E-state index contributed by atoms with van der Waals surface area (Å²) in [6, 6.07) is 5.79. The summed E-state index contributed by atoms with van der Waals surface area (Å²) in [4.78, 5) is 23.2. The van der Waals surface area contributed by atoms with Crippen LogP contribution in [-0.4, -0.2) is 44.4 Å². The molecule has 8 heteroatoms. The summed E-state index contributed by atoms with van der Waals surface area (Å²) < 4.78 is 1.55. The van der Waals surface area contributed by atoms with E-state index in [1.807, 2.05) is 6.07 Å². The van der Waals surface area contributed by atoms with Gasteiger partial charge in [0.05, 0.1) is 22.8 Å². The number of nitrogens with one attached hydrogen (secondary N) is 1. The van der Waals surface area contributed by atoms with Gasteiger partial charge in [-0.05, 0) is 18.2 Å². The van der Waals surface area contributed by atoms with Gasteiger partial charge in [0.25, 0.3) is 5.56 Å². The van der Waals surface area contributed by atoms with Gasteiger partial charge in [-0.25, -0.2) is 4.98 Å². The minimum atomic E-state index is -0.0700. The van der Waals surface area contributed by atoms with Gasteiger partial charge in [-0.2, -0.15) is 5.10 Å². The second kappa shape index (κ2) is 6.85. The Morgan fingerprint density at radius 3 is 2.64 bits per heavy atom. The fourth-order valence-corrected chi connectivity index (χ4v) is 3.30. The van der Waals surface area contributed by atoms with Crippen LogP contribution in [0.3, 0.4) is 0 Å². The van der Waals surface area contributed by atoms with Gasteiger partial charge >= 0.3 is 0 Å². The maximum Gasteiger partial charge on any atom is 0.262 e. The first kappa shape index (κ1) is 18.3. The molecule has 146 valence electrons. The quantitative estimate of drug-likeness (QED) is 0.741. The summed E-state index contributed by atoms with van der Waals surface area (Å²) in [5.74, 6) is 1.94. The third-order valence-electron chi connectivity index (χ3n) is 5.13. The summed E-state index contributed by atoms with van der Waals surface area (Å²) in [5, 5.41) is 12.6. The predicted molar refractivity (Wildman–Crippen MR) is 110 cm³/mol. The number of fused-ring (bicyclic) bond motifs is 1. The number of hydrogen-bond donors (Lipinski definition) is 1. The molecule has 0 radical (unpaired) electrons. The fourth-order valence-electron chi connectivity index (χ4n) is 3.30. The van der Waals surface area contributed by atoms with Gasteiger partial charge < -0.3 is 10.2 Å². The minimum absolute atomic E-state index is 0.00521. The Hall–Kier alpha value is -3.03. The van der Waals surface area contributed by atoms with E-state index in [-0.39, 0.29) is 11.0 Å². The number of hydrogen-bond acceptors (Lipinski definition) is 7. The molecule has 0 saturated carbocycles. The number of pyridine rings is 1. The van der Waals surface area contributed by atoms with Gasteiger partial charge in [0, 0.05) is 44.2 Å². The van der Waals surface area contributed by atoms with Crippen LogP contribution >= 0.6 is 0 Å². The third-order valence-corrected chi connectivity index (χ3v) is 5.13. The lowest BCUT2D eigenvalue weighted by atomic mass is 9.92. The van der Waals surface area contributed by atoms with Gasteiger partial charge in [0.15, 0.2) is 5.82 Å². The molecule has 1 saturated heterocycles. The van der Waals surface area contributed by atoms with Crippen LogP contribution in [-0.2, 0) is 12.5 Å². The Balaban J connectivity index is 1.37. The zero-order valence-electron chi connectivity index (χ0n) is 16.7. The molecule has 0 atom stereocenters. The molecule has 0 unspecified atom stereocenters. The van der Waals surface area contributed by atoms with E-state index >= 15 is 0 Å². The molecule has 0 bridgehead atoms. The predicted octanol–water partition coefficient (Wildman–Crippen LogP) is 1.96. The van der Waals surface area contributed by atoms with Crippen LogP contribution in [0.4, 0.5) is 11.8 Å². The molecular weight excluding hydrogens is 354 g/mol. The first-order valence-corrected chi connectivity index (χ1v) is 9.47. The largest absolute Gasteiger partial charge is 0.355 e. The lowest BCUT2D eigenvalue weighted by Crippen LogP contribution is -2.50. The smallest absolute Gasteiger partial charge is 0.262 e. The Labute approximate surface area is 163 Å². The first-order valence-electron chi connectivity index (χ1n) is 9.47. The molecular formula is C20H25N7O. The fraction of sp³-hybridized carbons (Fsp3) is 0.450. The van der Waals surface area contributed by atoms with Gasteiger partial charge in [-0.15, -0.1) is 5.10 Å². The van der Waals surface area contributed by atoms with Crippen molar-refractivity contribution in [2.24, 2.45) is 13.0 Å². The van der Waals surface area contributed by atoms with Crippen molar-refractivity contribution in [2.75, 3.05) is 29.9 Å². The highest BCUT2D eigenvalue weighted by molar-refractivity contribution is 5.77. The normalized spacial score (nSPS) is 14.9. The summed E-state index contributed by atoms with van der Waals surface area (Å²) in [6.45, 7) is 8.94. The lowest BCUT2D eigenvalue weighted by Gasteiger charge is -2.40. The molecule has 0 aliphatic carbocycles. The zero-order chi connectivity index (χ0) is 19.9. The van der Waals surface area contributed by atoms with Gasteiger partial charge in [0.1, 0.15) is 0 Å². The molecule has 3 aromatic rings. The van der Waals surface area contributed by atoms with Crippen molar-refractivity contribution in [2.45, 2.75) is 26.2 Å². The van der Waals surface area contributed by atoms with E-state index in [0.29, 0.717) is 22.8 Å². The van der Waals surface area contributed by atoms with E-state index < -0.39 is 0 Å². The highest BCUT2D eigenvalue weighted by Crippen LogP contribution is 2.25. The van der Waals surface area contributed by atoms with Crippen molar-refractivity contribution in [3.05, 3.63) is 46.6 Å².